The summed E-state index contributed by atoms with van der Waals surface area (Å²) in [5.74, 6) is -0.0238. The minimum Gasteiger partial charge on any atom is -0.379 e. The van der Waals surface area contributed by atoms with Crippen molar-refractivity contribution in [3.05, 3.63) is 35.6 Å². The minimum atomic E-state index is -0.633. The molecule has 2 atom stereocenters. The topological polar surface area (TPSA) is 67.6 Å². The fourth-order valence-corrected chi connectivity index (χ4v) is 3.04. The quantitative estimate of drug-likeness (QED) is 0.822. The van der Waals surface area contributed by atoms with Gasteiger partial charge in [-0.05, 0) is 24.8 Å². The van der Waals surface area contributed by atoms with E-state index in [0.29, 0.717) is 44.3 Å². The van der Waals surface area contributed by atoms with E-state index in [0.717, 1.165) is 12.8 Å². The number of ether oxygens (including phenoxy) is 1. The molecule has 1 saturated carbocycles. The second-order valence-electron chi connectivity index (χ2n) is 6.32. The van der Waals surface area contributed by atoms with Gasteiger partial charge in [0, 0.05) is 31.2 Å². The van der Waals surface area contributed by atoms with Gasteiger partial charge in [-0.1, -0.05) is 18.2 Å². The van der Waals surface area contributed by atoms with Crippen molar-refractivity contribution in [2.75, 3.05) is 32.8 Å². The van der Waals surface area contributed by atoms with Crippen LogP contribution in [0.3, 0.4) is 0 Å². The monoisotopic (exact) mass is 321 g/mol. The van der Waals surface area contributed by atoms with Gasteiger partial charge < -0.3 is 15.8 Å². The number of morpholine rings is 1. The van der Waals surface area contributed by atoms with Crippen molar-refractivity contribution < 1.29 is 13.9 Å². The maximum absolute atomic E-state index is 14.2. The highest BCUT2D eigenvalue weighted by Gasteiger charge is 2.33. The number of nitrogens with two attached hydrogens (primary N) is 1. The molecule has 1 amide bonds. The van der Waals surface area contributed by atoms with Crippen LogP contribution in [-0.4, -0.2) is 49.7 Å². The van der Waals surface area contributed by atoms with Crippen LogP contribution in [-0.2, 0) is 9.53 Å². The highest BCUT2D eigenvalue weighted by atomic mass is 19.1. The van der Waals surface area contributed by atoms with E-state index >= 15 is 0 Å². The minimum absolute atomic E-state index is 0.00934. The number of hydrogen-bond donors (Lipinski definition) is 2. The van der Waals surface area contributed by atoms with Gasteiger partial charge in [0.15, 0.2) is 0 Å². The number of hydrogen-bond acceptors (Lipinski definition) is 4. The first-order chi connectivity index (χ1) is 11.2. The highest BCUT2D eigenvalue weighted by molar-refractivity contribution is 5.83. The van der Waals surface area contributed by atoms with E-state index in [1.165, 1.54) is 6.07 Å². The molecule has 1 saturated heterocycles. The van der Waals surface area contributed by atoms with Gasteiger partial charge in [-0.25, -0.2) is 4.39 Å². The van der Waals surface area contributed by atoms with Crippen molar-refractivity contribution >= 4 is 5.91 Å². The van der Waals surface area contributed by atoms with Gasteiger partial charge in [0.25, 0.3) is 0 Å². The van der Waals surface area contributed by atoms with Crippen molar-refractivity contribution in [1.29, 1.82) is 0 Å². The molecule has 6 heteroatoms. The zero-order valence-corrected chi connectivity index (χ0v) is 13.2. The Morgan fingerprint density at radius 1 is 1.35 bits per heavy atom. The van der Waals surface area contributed by atoms with Crippen LogP contribution in [0.4, 0.5) is 4.39 Å². The van der Waals surface area contributed by atoms with Crippen molar-refractivity contribution in [2.45, 2.75) is 24.9 Å². The summed E-state index contributed by atoms with van der Waals surface area (Å²) >= 11 is 0. The van der Waals surface area contributed by atoms with Crippen LogP contribution < -0.4 is 11.1 Å². The van der Waals surface area contributed by atoms with E-state index in [9.17, 15) is 9.18 Å². The third kappa shape index (κ3) is 4.07. The zero-order valence-electron chi connectivity index (χ0n) is 13.2. The Bertz CT molecular complexity index is 544. The average molecular weight is 321 g/mol. The lowest BCUT2D eigenvalue weighted by Gasteiger charge is -2.34. The molecule has 5 nitrogen and oxygen atoms in total. The van der Waals surface area contributed by atoms with Crippen molar-refractivity contribution in [2.24, 2.45) is 11.7 Å². The predicted octanol–water partition coefficient (Wildman–Crippen LogP) is 1.05. The van der Waals surface area contributed by atoms with Gasteiger partial charge in [0.05, 0.1) is 13.2 Å². The Morgan fingerprint density at radius 2 is 2.04 bits per heavy atom. The second-order valence-corrected chi connectivity index (χ2v) is 6.32. The molecule has 2 fully saturated rings. The molecule has 23 heavy (non-hydrogen) atoms. The molecule has 2 aliphatic rings. The van der Waals surface area contributed by atoms with E-state index in [1.54, 1.807) is 18.2 Å². The lowest BCUT2D eigenvalue weighted by molar-refractivity contribution is -0.128. The molecule has 1 heterocycles. The van der Waals surface area contributed by atoms with Crippen molar-refractivity contribution in [1.82, 2.24) is 10.2 Å². The molecule has 1 aromatic rings. The molecule has 0 spiro atoms. The molecule has 1 aliphatic heterocycles. The van der Waals surface area contributed by atoms with Gasteiger partial charge in [-0.15, -0.1) is 0 Å². The molecule has 1 aliphatic carbocycles. The molecule has 0 bridgehead atoms. The third-order valence-electron chi connectivity index (χ3n) is 4.60. The number of halogens is 1. The highest BCUT2D eigenvalue weighted by Crippen LogP contribution is 2.31. The summed E-state index contributed by atoms with van der Waals surface area (Å²) in [6.07, 6.45) is 2.27. The molecule has 0 aromatic heterocycles. The van der Waals surface area contributed by atoms with E-state index in [2.05, 4.69) is 5.32 Å². The molecule has 3 N–H and O–H groups in total. The number of nitrogens with one attached hydrogen (secondary N) is 1. The number of carbonyl (C=O) groups excluding carboxylic acids is 1. The molecular weight excluding hydrogens is 297 g/mol. The molecule has 2 unspecified atom stereocenters. The van der Waals surface area contributed by atoms with Crippen LogP contribution >= 0.6 is 0 Å². The number of amides is 1. The van der Waals surface area contributed by atoms with Crippen LogP contribution in [0.25, 0.3) is 0 Å². The Morgan fingerprint density at radius 3 is 2.70 bits per heavy atom. The van der Waals surface area contributed by atoms with Crippen LogP contribution in [0.15, 0.2) is 24.3 Å². The van der Waals surface area contributed by atoms with Crippen LogP contribution in [0.2, 0.25) is 0 Å². The van der Waals surface area contributed by atoms with Crippen LogP contribution in [0.1, 0.15) is 24.4 Å². The van der Waals surface area contributed by atoms with Gasteiger partial charge in [0.1, 0.15) is 11.9 Å². The number of benzene rings is 1. The maximum Gasteiger partial charge on any atom is 0.242 e. The normalized spacial score (nSPS) is 21.7. The first-order valence-corrected chi connectivity index (χ1v) is 8.26. The largest absolute Gasteiger partial charge is 0.379 e. The summed E-state index contributed by atoms with van der Waals surface area (Å²) < 4.78 is 19.6. The molecular formula is C17H24FN3O2. The standard InChI is InChI=1S/C17H24FN3O2/c18-14-4-2-1-3-13(14)16(21-7-9-23-10-8-21)17(22)20-11-15(19)12-5-6-12/h1-4,12,15-16H,5-11,19H2,(H,20,22). The summed E-state index contributed by atoms with van der Waals surface area (Å²) in [6.45, 7) is 2.78. The van der Waals surface area contributed by atoms with E-state index in [1.807, 2.05) is 4.90 Å². The first-order valence-electron chi connectivity index (χ1n) is 8.26. The molecule has 3 rings (SSSR count). The molecule has 126 valence electrons. The van der Waals surface area contributed by atoms with Crippen molar-refractivity contribution in [3.8, 4) is 0 Å². The van der Waals surface area contributed by atoms with E-state index in [4.69, 9.17) is 10.5 Å². The summed E-state index contributed by atoms with van der Waals surface area (Å²) in [6, 6.07) is 5.82. The fraction of sp³-hybridized carbons (Fsp3) is 0.588. The Balaban J connectivity index is 1.73. The number of rotatable bonds is 6. The van der Waals surface area contributed by atoms with Crippen LogP contribution in [0.5, 0.6) is 0 Å². The summed E-state index contributed by atoms with van der Waals surface area (Å²) in [5, 5.41) is 2.91. The second kappa shape index (κ2) is 7.38. The van der Waals surface area contributed by atoms with E-state index in [-0.39, 0.29) is 17.8 Å². The average Bonchev–Trinajstić information content (AvgIpc) is 3.41. The smallest absolute Gasteiger partial charge is 0.242 e. The number of carbonyl (C=O) groups is 1. The van der Waals surface area contributed by atoms with Crippen molar-refractivity contribution in [3.63, 3.8) is 0 Å². The van der Waals surface area contributed by atoms with Crippen LogP contribution in [0, 0.1) is 11.7 Å². The predicted molar refractivity (Wildman–Crippen MR) is 85.2 cm³/mol. The van der Waals surface area contributed by atoms with Gasteiger partial charge in [-0.2, -0.15) is 0 Å². The Kier molecular flexibility index (Phi) is 5.25. The molecule has 1 aromatic carbocycles. The third-order valence-corrected chi connectivity index (χ3v) is 4.60. The lowest BCUT2D eigenvalue weighted by Crippen LogP contribution is -2.48. The van der Waals surface area contributed by atoms with Gasteiger partial charge >= 0.3 is 0 Å². The molecule has 0 radical (unpaired) electrons. The summed E-state index contributed by atoms with van der Waals surface area (Å²) in [5.41, 5.74) is 6.46. The Hall–Kier alpha value is -1.50. The van der Waals surface area contributed by atoms with Gasteiger partial charge in [-0.3, -0.25) is 9.69 Å². The van der Waals surface area contributed by atoms with E-state index < -0.39 is 6.04 Å². The van der Waals surface area contributed by atoms with Gasteiger partial charge in [0.2, 0.25) is 5.91 Å². The summed E-state index contributed by atoms with van der Waals surface area (Å²) in [7, 11) is 0. The Labute approximate surface area is 136 Å². The fourth-order valence-electron chi connectivity index (χ4n) is 3.04. The lowest BCUT2D eigenvalue weighted by atomic mass is 10.0. The SMILES string of the molecule is NC(CNC(=O)C(c1ccccc1F)N1CCOCC1)C1CC1. The first kappa shape index (κ1) is 16.4. The summed E-state index contributed by atoms with van der Waals surface area (Å²) in [4.78, 5) is 14.7. The number of nitrogens with zero attached hydrogens (tertiary/aromatic N) is 1. The zero-order chi connectivity index (χ0) is 16.2. The maximum atomic E-state index is 14.2.